The zero-order valence-corrected chi connectivity index (χ0v) is 28.8. The molecule has 0 saturated carbocycles. The summed E-state index contributed by atoms with van der Waals surface area (Å²) < 4.78 is 0. The molecule has 5 rings (SSSR count). The number of oxime groups is 2. The third-order valence-corrected chi connectivity index (χ3v) is 9.45. The Bertz CT molecular complexity index is 1620. The summed E-state index contributed by atoms with van der Waals surface area (Å²) in [6.07, 6.45) is 0.940. The van der Waals surface area contributed by atoms with Crippen LogP contribution in [0.15, 0.2) is 120 Å². The fraction of sp³-hybridized carbons (Fsp3) is 0.341. The largest absolute Gasteiger partial charge is 0.411 e. The van der Waals surface area contributed by atoms with Crippen molar-refractivity contribution in [1.29, 1.82) is 0 Å². The Balaban J connectivity index is 1.60. The predicted molar refractivity (Wildman–Crippen MR) is 196 cm³/mol. The van der Waals surface area contributed by atoms with Gasteiger partial charge in [-0.25, -0.2) is 4.79 Å². The molecule has 4 aromatic carbocycles. The van der Waals surface area contributed by atoms with Crippen LogP contribution in [0.3, 0.4) is 0 Å². The zero-order valence-electron chi connectivity index (χ0n) is 28.8. The van der Waals surface area contributed by atoms with Gasteiger partial charge in [0.05, 0.1) is 23.5 Å². The van der Waals surface area contributed by atoms with Crippen LogP contribution in [0.2, 0.25) is 0 Å². The van der Waals surface area contributed by atoms with Crippen molar-refractivity contribution < 1.29 is 25.4 Å². The Morgan fingerprint density at radius 2 is 0.960 bits per heavy atom. The lowest BCUT2D eigenvalue weighted by Crippen LogP contribution is -2.50. The number of benzene rings is 4. The highest BCUT2D eigenvalue weighted by atomic mass is 16.4. The molecular formula is C41H48N4O5. The maximum Gasteiger partial charge on any atom is 0.321 e. The van der Waals surface area contributed by atoms with Crippen molar-refractivity contribution >= 4 is 17.5 Å². The van der Waals surface area contributed by atoms with Crippen molar-refractivity contribution in [3.63, 3.8) is 0 Å². The number of hydrogen-bond donors (Lipinski definition) is 4. The molecule has 1 aliphatic rings. The molecule has 0 radical (unpaired) electrons. The molecule has 0 aliphatic carbocycles. The first-order valence-electron chi connectivity index (χ1n) is 17.5. The monoisotopic (exact) mass is 676 g/mol. The summed E-state index contributed by atoms with van der Waals surface area (Å²) in [6, 6.07) is 32.8. The van der Waals surface area contributed by atoms with Crippen LogP contribution in [0, 0.1) is 0 Å². The zero-order chi connectivity index (χ0) is 35.5. The lowest BCUT2D eigenvalue weighted by molar-refractivity contribution is -0.0408. The van der Waals surface area contributed by atoms with E-state index in [0.29, 0.717) is 37.1 Å². The molecule has 4 aromatic rings. The van der Waals surface area contributed by atoms with E-state index in [-0.39, 0.29) is 19.1 Å². The number of aliphatic hydroxyl groups excluding tert-OH is 2. The van der Waals surface area contributed by atoms with E-state index in [1.54, 1.807) is 9.80 Å². The summed E-state index contributed by atoms with van der Waals surface area (Å²) in [5.74, 6) is 0. The van der Waals surface area contributed by atoms with E-state index in [1.165, 1.54) is 0 Å². The molecule has 4 atom stereocenters. The number of carbonyl (C=O) groups excluding carboxylic acids is 1. The molecule has 9 nitrogen and oxygen atoms in total. The summed E-state index contributed by atoms with van der Waals surface area (Å²) in [5, 5.41) is 50.7. The maximum absolute atomic E-state index is 15.1. The fourth-order valence-corrected chi connectivity index (χ4v) is 6.88. The molecule has 1 aliphatic heterocycles. The molecule has 9 heteroatoms. The Morgan fingerprint density at radius 1 is 0.580 bits per heavy atom. The Hall–Kier alpha value is -4.99. The minimum absolute atomic E-state index is 0.158. The smallest absolute Gasteiger partial charge is 0.321 e. The van der Waals surface area contributed by atoms with Crippen molar-refractivity contribution in [2.75, 3.05) is 0 Å². The van der Waals surface area contributed by atoms with Crippen LogP contribution in [0.4, 0.5) is 4.79 Å². The molecule has 262 valence electrons. The fourth-order valence-electron chi connectivity index (χ4n) is 6.88. The lowest BCUT2D eigenvalue weighted by Gasteiger charge is -2.36. The molecule has 50 heavy (non-hydrogen) atoms. The van der Waals surface area contributed by atoms with E-state index in [9.17, 15) is 20.6 Å². The quantitative estimate of drug-likeness (QED) is 0.0648. The molecule has 1 fully saturated rings. The van der Waals surface area contributed by atoms with Crippen LogP contribution in [-0.4, -0.2) is 72.2 Å². The summed E-state index contributed by atoms with van der Waals surface area (Å²) >= 11 is 0. The maximum atomic E-state index is 15.1. The number of hydrogen-bond acceptors (Lipinski definition) is 7. The van der Waals surface area contributed by atoms with E-state index in [2.05, 4.69) is 10.3 Å². The van der Waals surface area contributed by atoms with Gasteiger partial charge >= 0.3 is 6.03 Å². The Kier molecular flexibility index (Phi) is 12.8. The Morgan fingerprint density at radius 3 is 1.32 bits per heavy atom. The van der Waals surface area contributed by atoms with E-state index >= 15 is 4.79 Å². The second-order valence-electron chi connectivity index (χ2n) is 13.0. The summed E-state index contributed by atoms with van der Waals surface area (Å²) in [5.41, 5.74) is 6.12. The normalized spacial score (nSPS) is 20.2. The first-order chi connectivity index (χ1) is 24.4. The minimum Gasteiger partial charge on any atom is -0.411 e. The van der Waals surface area contributed by atoms with Gasteiger partial charge in [0, 0.05) is 13.1 Å². The first-order valence-corrected chi connectivity index (χ1v) is 17.5. The average molecular weight is 677 g/mol. The van der Waals surface area contributed by atoms with Gasteiger partial charge in [0.1, 0.15) is 12.2 Å². The number of urea groups is 1. The van der Waals surface area contributed by atoms with Crippen molar-refractivity contribution in [2.24, 2.45) is 10.3 Å². The van der Waals surface area contributed by atoms with Gasteiger partial charge in [-0.05, 0) is 71.2 Å². The molecule has 0 aromatic heterocycles. The minimum atomic E-state index is -1.26. The van der Waals surface area contributed by atoms with E-state index in [4.69, 9.17) is 0 Å². The second-order valence-corrected chi connectivity index (χ2v) is 13.0. The van der Waals surface area contributed by atoms with Gasteiger partial charge in [-0.3, -0.25) is 0 Å². The molecule has 1 saturated heterocycles. The average Bonchev–Trinajstić information content (AvgIpc) is 3.21. The third-order valence-electron chi connectivity index (χ3n) is 9.45. The number of nitrogens with zero attached hydrogens (tertiary/aromatic N) is 4. The number of carbonyl (C=O) groups is 1. The standard InChI is InChI=1S/C41H48N4O5/c1-3-13-35(42-49)33-21-11-19-31(23-33)27-44-37(25-29-15-7-5-8-16-29)39(46)40(47)38(26-30-17-9-6-10-18-30)45(41(44)48)28-32-20-12-22-34(24-32)36(43-50)14-4-2/h5-12,15-24,37-40,46-47,49-50H,3-4,13-14,25-28H2,1-2H3/t37-,38-,39+,40+/m1/s1. The molecule has 2 amide bonds. The third kappa shape index (κ3) is 8.77. The number of amides is 2. The van der Waals surface area contributed by atoms with Gasteiger partial charge in [0.2, 0.25) is 0 Å². The van der Waals surface area contributed by atoms with Gasteiger partial charge in [0.25, 0.3) is 0 Å². The van der Waals surface area contributed by atoms with E-state index in [1.807, 2.05) is 123 Å². The lowest BCUT2D eigenvalue weighted by atomic mass is 9.90. The molecule has 0 spiro atoms. The van der Waals surface area contributed by atoms with Crippen molar-refractivity contribution in [1.82, 2.24) is 9.80 Å². The molecule has 1 heterocycles. The van der Waals surface area contributed by atoms with Crippen LogP contribution < -0.4 is 0 Å². The number of rotatable bonds is 14. The van der Waals surface area contributed by atoms with Crippen LogP contribution >= 0.6 is 0 Å². The molecular weight excluding hydrogens is 628 g/mol. The predicted octanol–water partition coefficient (Wildman–Crippen LogP) is 7.03. The number of aliphatic hydroxyl groups is 2. The summed E-state index contributed by atoms with van der Waals surface area (Å²) in [4.78, 5) is 18.5. The van der Waals surface area contributed by atoms with Gasteiger partial charge < -0.3 is 30.4 Å². The van der Waals surface area contributed by atoms with Gasteiger partial charge in [-0.15, -0.1) is 0 Å². The van der Waals surface area contributed by atoms with Crippen LogP contribution in [0.1, 0.15) is 72.9 Å². The second kappa shape index (κ2) is 17.6. The van der Waals surface area contributed by atoms with Crippen molar-refractivity contribution in [2.45, 2.75) is 89.8 Å². The SMILES string of the molecule is CCCC(=NO)c1cccc(CN2C(=O)N(Cc3cccc(C(CCC)=NO)c3)[C@H](Cc3ccccc3)[C@H](O)[C@@H](O)[C@H]2Cc2ccccc2)c1. The molecule has 4 N–H and O–H groups in total. The van der Waals surface area contributed by atoms with Gasteiger partial charge in [0.15, 0.2) is 0 Å². The van der Waals surface area contributed by atoms with Crippen LogP contribution in [0.25, 0.3) is 0 Å². The van der Waals surface area contributed by atoms with Crippen LogP contribution in [0.5, 0.6) is 0 Å². The summed E-state index contributed by atoms with van der Waals surface area (Å²) in [7, 11) is 0. The summed E-state index contributed by atoms with van der Waals surface area (Å²) in [6.45, 7) is 4.35. The van der Waals surface area contributed by atoms with E-state index in [0.717, 1.165) is 46.2 Å². The van der Waals surface area contributed by atoms with Crippen molar-refractivity contribution in [3.05, 3.63) is 143 Å². The van der Waals surface area contributed by atoms with Crippen LogP contribution in [-0.2, 0) is 25.9 Å². The Labute approximate surface area is 294 Å². The first kappa shape index (κ1) is 36.3. The van der Waals surface area contributed by atoms with E-state index < -0.39 is 24.3 Å². The molecule has 0 bridgehead atoms. The highest BCUT2D eigenvalue weighted by Gasteiger charge is 2.46. The highest BCUT2D eigenvalue weighted by Crippen LogP contribution is 2.30. The van der Waals surface area contributed by atoms with Crippen molar-refractivity contribution in [3.8, 4) is 0 Å². The van der Waals surface area contributed by atoms with Gasteiger partial charge in [-0.2, -0.15) is 0 Å². The topological polar surface area (TPSA) is 129 Å². The molecule has 0 unspecified atom stereocenters. The van der Waals surface area contributed by atoms with Gasteiger partial charge in [-0.1, -0.05) is 134 Å². The highest BCUT2D eigenvalue weighted by molar-refractivity contribution is 6.00.